The number of thiazole rings is 1. The molecule has 1 fully saturated rings. The van der Waals surface area contributed by atoms with Gasteiger partial charge in [-0.2, -0.15) is 4.31 Å². The number of carbonyl (C=O) groups excluding carboxylic acids is 1. The summed E-state index contributed by atoms with van der Waals surface area (Å²) in [4.78, 5) is 18.3. The highest BCUT2D eigenvalue weighted by Gasteiger charge is 2.34. The Morgan fingerprint density at radius 1 is 1.27 bits per heavy atom. The van der Waals surface area contributed by atoms with Crippen LogP contribution in [0, 0.1) is 17.7 Å². The van der Waals surface area contributed by atoms with Crippen molar-refractivity contribution in [2.45, 2.75) is 50.3 Å². The number of anilines is 1. The van der Waals surface area contributed by atoms with Gasteiger partial charge >= 0.3 is 0 Å². The lowest BCUT2D eigenvalue weighted by Crippen LogP contribution is -2.41. The maximum atomic E-state index is 14.0. The highest BCUT2D eigenvalue weighted by atomic mass is 32.2. The summed E-state index contributed by atoms with van der Waals surface area (Å²) in [6, 6.07) is 5.39. The van der Waals surface area contributed by atoms with Crippen LogP contribution in [0.15, 0.2) is 29.2 Å². The molecule has 1 aliphatic heterocycles. The molecule has 1 N–H and O–H groups in total. The molecule has 0 radical (unpaired) electrons. The van der Waals surface area contributed by atoms with Crippen LogP contribution in [0.1, 0.15) is 43.2 Å². The molecule has 30 heavy (non-hydrogen) atoms. The van der Waals surface area contributed by atoms with Gasteiger partial charge < -0.3 is 5.32 Å². The summed E-state index contributed by atoms with van der Waals surface area (Å²) in [7, 11) is -3.89. The molecule has 4 rings (SSSR count). The monoisotopic (exact) mass is 451 g/mol. The largest absolute Gasteiger partial charge is 0.302 e. The van der Waals surface area contributed by atoms with Gasteiger partial charge in [-0.05, 0) is 50.2 Å². The molecule has 1 aliphatic carbocycles. The van der Waals surface area contributed by atoms with Crippen molar-refractivity contribution in [3.05, 3.63) is 40.7 Å². The molecule has 9 heteroatoms. The van der Waals surface area contributed by atoms with Gasteiger partial charge in [0, 0.05) is 23.9 Å². The lowest BCUT2D eigenvalue weighted by molar-refractivity contribution is -0.120. The van der Waals surface area contributed by atoms with Crippen LogP contribution >= 0.6 is 11.3 Å². The van der Waals surface area contributed by atoms with E-state index >= 15 is 0 Å². The highest BCUT2D eigenvalue weighted by molar-refractivity contribution is 7.89. The van der Waals surface area contributed by atoms with Crippen molar-refractivity contribution in [2.24, 2.45) is 11.8 Å². The van der Waals surface area contributed by atoms with Crippen LogP contribution in [0.25, 0.3) is 0 Å². The van der Waals surface area contributed by atoms with Gasteiger partial charge in [-0.3, -0.25) is 4.79 Å². The van der Waals surface area contributed by atoms with Gasteiger partial charge in [-0.1, -0.05) is 25.5 Å². The summed E-state index contributed by atoms with van der Waals surface area (Å²) in [5, 5.41) is 3.58. The van der Waals surface area contributed by atoms with E-state index in [1.165, 1.54) is 27.4 Å². The normalized spacial score (nSPS) is 20.7. The topological polar surface area (TPSA) is 79.4 Å². The van der Waals surface area contributed by atoms with Crippen LogP contribution in [-0.4, -0.2) is 36.7 Å². The predicted molar refractivity (Wildman–Crippen MR) is 114 cm³/mol. The van der Waals surface area contributed by atoms with E-state index in [4.69, 9.17) is 0 Å². The van der Waals surface area contributed by atoms with Crippen LogP contribution in [0.4, 0.5) is 9.52 Å². The Hall–Kier alpha value is -1.84. The molecule has 6 nitrogen and oxygen atoms in total. The minimum atomic E-state index is -3.89. The summed E-state index contributed by atoms with van der Waals surface area (Å²) >= 11 is 1.56. The van der Waals surface area contributed by atoms with Crippen LogP contribution < -0.4 is 5.32 Å². The summed E-state index contributed by atoms with van der Waals surface area (Å²) < 4.78 is 40.7. The first-order valence-corrected chi connectivity index (χ1v) is 12.7. The van der Waals surface area contributed by atoms with E-state index in [-0.39, 0.29) is 29.8 Å². The fourth-order valence-electron chi connectivity index (χ4n) is 4.20. The molecule has 1 amide bonds. The Bertz CT molecular complexity index is 1030. The Morgan fingerprint density at radius 2 is 2.00 bits per heavy atom. The molecular formula is C21H26FN3O3S2. The Labute approximate surface area is 180 Å². The summed E-state index contributed by atoms with van der Waals surface area (Å²) in [5.74, 6) is -0.449. The molecule has 2 aliphatic rings. The van der Waals surface area contributed by atoms with Crippen molar-refractivity contribution in [2.75, 3.05) is 18.4 Å². The molecule has 0 spiro atoms. The Balaban J connectivity index is 1.36. The van der Waals surface area contributed by atoms with Gasteiger partial charge in [0.1, 0.15) is 10.7 Å². The SMILES string of the molecule is CCC1CCc2nc(NC(=O)C3CCN(S(=O)(=O)c4ccccc4F)CC3)sc2C1. The third-order valence-corrected chi connectivity index (χ3v) is 9.10. The van der Waals surface area contributed by atoms with Crippen molar-refractivity contribution in [3.8, 4) is 0 Å². The molecular weight excluding hydrogens is 425 g/mol. The number of piperidine rings is 1. The van der Waals surface area contributed by atoms with Crippen molar-refractivity contribution >= 4 is 32.4 Å². The van der Waals surface area contributed by atoms with E-state index in [1.54, 1.807) is 11.3 Å². The molecule has 1 atom stereocenters. The van der Waals surface area contributed by atoms with Crippen molar-refractivity contribution < 1.29 is 17.6 Å². The zero-order valence-electron chi connectivity index (χ0n) is 16.9. The highest BCUT2D eigenvalue weighted by Crippen LogP contribution is 2.34. The zero-order valence-corrected chi connectivity index (χ0v) is 18.6. The smallest absolute Gasteiger partial charge is 0.245 e. The van der Waals surface area contributed by atoms with Crippen LogP contribution in [0.3, 0.4) is 0 Å². The fraction of sp³-hybridized carbons (Fsp3) is 0.524. The van der Waals surface area contributed by atoms with Crippen LogP contribution in [0.2, 0.25) is 0 Å². The number of carbonyl (C=O) groups is 1. The first-order valence-electron chi connectivity index (χ1n) is 10.4. The number of amides is 1. The number of hydrogen-bond donors (Lipinski definition) is 1. The third kappa shape index (κ3) is 4.29. The van der Waals surface area contributed by atoms with Crippen molar-refractivity contribution in [1.82, 2.24) is 9.29 Å². The number of aromatic nitrogens is 1. The van der Waals surface area contributed by atoms with Crippen LogP contribution in [-0.2, 0) is 27.7 Å². The van der Waals surface area contributed by atoms with E-state index in [1.807, 2.05) is 0 Å². The lowest BCUT2D eigenvalue weighted by Gasteiger charge is -2.30. The van der Waals surface area contributed by atoms with Gasteiger partial charge in [-0.25, -0.2) is 17.8 Å². The molecule has 162 valence electrons. The van der Waals surface area contributed by atoms with E-state index in [9.17, 15) is 17.6 Å². The van der Waals surface area contributed by atoms with Crippen LogP contribution in [0.5, 0.6) is 0 Å². The third-order valence-electron chi connectivity index (χ3n) is 6.13. The summed E-state index contributed by atoms with van der Waals surface area (Å²) in [6.07, 6.45) is 5.12. The second-order valence-electron chi connectivity index (χ2n) is 8.00. The zero-order chi connectivity index (χ0) is 21.3. The lowest BCUT2D eigenvalue weighted by atomic mass is 9.89. The van der Waals surface area contributed by atoms with E-state index in [0.29, 0.717) is 23.9 Å². The van der Waals surface area contributed by atoms with Gasteiger partial charge in [-0.15, -0.1) is 11.3 Å². The number of aryl methyl sites for hydroxylation is 1. The van der Waals surface area contributed by atoms with Gasteiger partial charge in [0.25, 0.3) is 0 Å². The van der Waals surface area contributed by atoms with E-state index in [2.05, 4.69) is 17.2 Å². The molecule has 2 aromatic rings. The number of benzene rings is 1. The average molecular weight is 452 g/mol. The number of halogens is 1. The molecule has 1 aromatic carbocycles. The molecule has 1 saturated heterocycles. The number of sulfonamides is 1. The predicted octanol–water partition coefficient (Wildman–Crippen LogP) is 3.84. The molecule has 2 heterocycles. The van der Waals surface area contributed by atoms with E-state index in [0.717, 1.165) is 37.4 Å². The Morgan fingerprint density at radius 3 is 2.70 bits per heavy atom. The van der Waals surface area contributed by atoms with Crippen molar-refractivity contribution in [1.29, 1.82) is 0 Å². The second-order valence-corrected chi connectivity index (χ2v) is 11.0. The fourth-order valence-corrected chi connectivity index (χ4v) is 6.86. The minimum absolute atomic E-state index is 0.115. The minimum Gasteiger partial charge on any atom is -0.302 e. The average Bonchev–Trinajstić information content (AvgIpc) is 3.15. The van der Waals surface area contributed by atoms with Gasteiger partial charge in [0.15, 0.2) is 5.13 Å². The maximum absolute atomic E-state index is 14.0. The molecule has 0 bridgehead atoms. The van der Waals surface area contributed by atoms with Gasteiger partial charge in [0.05, 0.1) is 5.69 Å². The number of rotatable bonds is 5. The first kappa shape index (κ1) is 21.4. The Kier molecular flexibility index (Phi) is 6.22. The first-order chi connectivity index (χ1) is 14.4. The number of hydrogen-bond acceptors (Lipinski definition) is 5. The van der Waals surface area contributed by atoms with Crippen molar-refractivity contribution in [3.63, 3.8) is 0 Å². The van der Waals surface area contributed by atoms with Gasteiger partial charge in [0.2, 0.25) is 15.9 Å². The number of nitrogens with zero attached hydrogens (tertiary/aromatic N) is 2. The molecule has 1 unspecified atom stereocenters. The summed E-state index contributed by atoms with van der Waals surface area (Å²) in [5.41, 5.74) is 1.10. The summed E-state index contributed by atoms with van der Waals surface area (Å²) in [6.45, 7) is 2.60. The van der Waals surface area contributed by atoms with E-state index < -0.39 is 15.8 Å². The molecule has 1 aromatic heterocycles. The quantitative estimate of drug-likeness (QED) is 0.749. The number of fused-ring (bicyclic) bond motifs is 1. The second kappa shape index (κ2) is 8.72. The number of nitrogens with one attached hydrogen (secondary N) is 1. The standard InChI is InChI=1S/C21H26FN3O3S2/c1-2-14-7-8-17-18(13-14)29-21(23-17)24-20(26)15-9-11-25(12-10-15)30(27,28)19-6-4-3-5-16(19)22/h3-6,14-15H,2,7-13H2,1H3,(H,23,24,26). The maximum Gasteiger partial charge on any atom is 0.245 e. The molecule has 0 saturated carbocycles.